The summed E-state index contributed by atoms with van der Waals surface area (Å²) in [5.74, 6) is -0.191. The number of phosphoric ester groups is 1. The Hall–Kier alpha value is -2.31. The highest BCUT2D eigenvalue weighted by Gasteiger charge is 2.48. The molecule has 0 bridgehead atoms. The molecule has 34 heavy (non-hydrogen) atoms. The van der Waals surface area contributed by atoms with E-state index in [1.807, 2.05) is 0 Å². The third kappa shape index (κ3) is 6.63. The lowest BCUT2D eigenvalue weighted by Gasteiger charge is -2.20. The number of aliphatic hydroxyl groups is 5. The molecule has 0 aliphatic carbocycles. The Morgan fingerprint density at radius 2 is 2.03 bits per heavy atom. The summed E-state index contributed by atoms with van der Waals surface area (Å²) in [5, 5.41) is 46.0. The number of aldehydes is 1. The number of anilines is 1. The van der Waals surface area contributed by atoms with Gasteiger partial charge in [-0.25, -0.2) is 9.55 Å². The molecular formula is C16H26N5O12P. The third-order valence-corrected chi connectivity index (χ3v) is 5.22. The van der Waals surface area contributed by atoms with Gasteiger partial charge in [0.05, 0.1) is 25.1 Å². The largest absolute Gasteiger partial charge is 0.470 e. The summed E-state index contributed by atoms with van der Waals surface area (Å²) >= 11 is 0. The third-order valence-electron chi connectivity index (χ3n) is 4.70. The molecule has 2 aromatic heterocycles. The summed E-state index contributed by atoms with van der Waals surface area (Å²) in [7, 11) is -4.94. The van der Waals surface area contributed by atoms with Gasteiger partial charge in [0, 0.05) is 6.42 Å². The van der Waals surface area contributed by atoms with E-state index in [1.54, 1.807) is 0 Å². The van der Waals surface area contributed by atoms with Crippen LogP contribution in [0.25, 0.3) is 11.2 Å². The van der Waals surface area contributed by atoms with E-state index in [-0.39, 0.29) is 23.5 Å². The summed E-state index contributed by atoms with van der Waals surface area (Å²) in [5.41, 5.74) is 4.79. The van der Waals surface area contributed by atoms with E-state index < -0.39 is 62.8 Å². The molecule has 1 aliphatic heterocycles. The van der Waals surface area contributed by atoms with Gasteiger partial charge in [0.15, 0.2) is 17.4 Å². The van der Waals surface area contributed by atoms with E-state index in [9.17, 15) is 24.4 Å². The SMILES string of the molecule is CC(O)C(O)C(O)CC=O.Nc1nc2c(ncn2[C@@H]2O[C@H](CO)[C@@H](OP(=O)(O)O)[C@H]2O)c(=O)[nH]1. The average molecular weight is 511 g/mol. The van der Waals surface area contributed by atoms with Crippen LogP contribution in [0.2, 0.25) is 0 Å². The molecule has 3 heterocycles. The van der Waals surface area contributed by atoms with Crippen molar-refractivity contribution in [2.24, 2.45) is 0 Å². The number of rotatable bonds is 8. The lowest BCUT2D eigenvalue weighted by atomic mass is 10.1. The average Bonchev–Trinajstić information content (AvgIpc) is 3.28. The Morgan fingerprint density at radius 1 is 1.38 bits per heavy atom. The molecule has 0 amide bonds. The fraction of sp³-hybridized carbons (Fsp3) is 0.625. The molecule has 0 saturated carbocycles. The number of phosphoric acid groups is 1. The van der Waals surface area contributed by atoms with Gasteiger partial charge in [-0.05, 0) is 6.92 Å². The molecule has 0 aromatic carbocycles. The zero-order valence-corrected chi connectivity index (χ0v) is 18.5. The van der Waals surface area contributed by atoms with Crippen molar-refractivity contribution in [1.82, 2.24) is 19.5 Å². The number of imidazole rings is 1. The molecule has 10 N–H and O–H groups in total. The number of nitrogen functional groups attached to an aromatic ring is 1. The minimum atomic E-state index is -4.94. The van der Waals surface area contributed by atoms with Crippen LogP contribution in [-0.2, 0) is 18.6 Å². The molecule has 17 nitrogen and oxygen atoms in total. The number of aromatic nitrogens is 4. The molecule has 3 rings (SSSR count). The van der Waals surface area contributed by atoms with Gasteiger partial charge in [-0.3, -0.25) is 18.9 Å². The van der Waals surface area contributed by atoms with Gasteiger partial charge in [0.1, 0.15) is 30.7 Å². The standard InChI is InChI=1S/C10H14N5O8P.C6H12O4/c11-10-13-7-4(8(18)14-10)12-2-15(7)9-5(17)6(3(1-16)22-9)23-24(19,20)21;1-4(8)6(10)5(9)2-3-7/h2-3,5-6,9,16-17H,1H2,(H2,19,20,21)(H3,11,13,14,18);3-6,8-10H,2H2,1H3/t3-,5-,6-,9-;/m1./s1. The topological polar surface area (TPSA) is 284 Å². The van der Waals surface area contributed by atoms with Gasteiger partial charge in [0.2, 0.25) is 5.95 Å². The minimum Gasteiger partial charge on any atom is -0.394 e. The van der Waals surface area contributed by atoms with E-state index in [1.165, 1.54) is 6.92 Å². The molecule has 18 heteroatoms. The normalized spacial score (nSPS) is 25.4. The Morgan fingerprint density at radius 3 is 2.56 bits per heavy atom. The number of carbonyl (C=O) groups excluding carboxylic acids is 1. The quantitative estimate of drug-likeness (QED) is 0.121. The number of aliphatic hydroxyl groups excluding tert-OH is 5. The second kappa shape index (κ2) is 11.4. The fourth-order valence-electron chi connectivity index (χ4n) is 3.07. The summed E-state index contributed by atoms with van der Waals surface area (Å²) < 4.78 is 22.0. The van der Waals surface area contributed by atoms with Gasteiger partial charge in [-0.15, -0.1) is 0 Å². The smallest absolute Gasteiger partial charge is 0.394 e. The van der Waals surface area contributed by atoms with Crippen LogP contribution in [0.3, 0.4) is 0 Å². The Kier molecular flexibility index (Phi) is 9.37. The zero-order valence-electron chi connectivity index (χ0n) is 17.6. The Bertz CT molecular complexity index is 1070. The first-order valence-corrected chi connectivity index (χ1v) is 11.2. The predicted molar refractivity (Wildman–Crippen MR) is 111 cm³/mol. The summed E-state index contributed by atoms with van der Waals surface area (Å²) in [6.45, 7) is 0.680. The number of fused-ring (bicyclic) bond motifs is 1. The molecule has 0 radical (unpaired) electrons. The van der Waals surface area contributed by atoms with Crippen molar-refractivity contribution < 1.29 is 53.9 Å². The monoisotopic (exact) mass is 511 g/mol. The Balaban J connectivity index is 0.000000347. The van der Waals surface area contributed by atoms with Crippen molar-refractivity contribution >= 4 is 31.2 Å². The summed E-state index contributed by atoms with van der Waals surface area (Å²) in [6.07, 6.45) is -7.44. The van der Waals surface area contributed by atoms with Crippen LogP contribution < -0.4 is 11.3 Å². The Labute approximate surface area is 190 Å². The van der Waals surface area contributed by atoms with Crippen LogP contribution in [0.4, 0.5) is 5.95 Å². The maximum atomic E-state index is 11.8. The van der Waals surface area contributed by atoms with Crippen molar-refractivity contribution in [2.75, 3.05) is 12.3 Å². The van der Waals surface area contributed by atoms with Crippen molar-refractivity contribution in [3.05, 3.63) is 16.7 Å². The van der Waals surface area contributed by atoms with E-state index in [2.05, 4.69) is 19.5 Å². The molecule has 1 aliphatic rings. The number of nitrogens with two attached hydrogens (primary N) is 1. The van der Waals surface area contributed by atoms with Crippen LogP contribution in [0.5, 0.6) is 0 Å². The van der Waals surface area contributed by atoms with E-state index in [0.29, 0.717) is 6.29 Å². The van der Waals surface area contributed by atoms with Crippen molar-refractivity contribution in [3.8, 4) is 0 Å². The number of carbonyl (C=O) groups is 1. The first-order chi connectivity index (χ1) is 15.8. The van der Waals surface area contributed by atoms with Gasteiger partial charge in [-0.1, -0.05) is 0 Å². The number of aromatic amines is 1. The fourth-order valence-corrected chi connectivity index (χ4v) is 3.65. The molecular weight excluding hydrogens is 485 g/mol. The number of nitrogens with zero attached hydrogens (tertiary/aromatic N) is 3. The lowest BCUT2D eigenvalue weighted by molar-refractivity contribution is -0.113. The maximum Gasteiger partial charge on any atom is 0.470 e. The second-order valence-corrected chi connectivity index (χ2v) is 8.47. The van der Waals surface area contributed by atoms with Gasteiger partial charge >= 0.3 is 7.82 Å². The summed E-state index contributed by atoms with van der Waals surface area (Å²) in [6, 6.07) is 0. The van der Waals surface area contributed by atoms with Crippen molar-refractivity contribution in [1.29, 1.82) is 0 Å². The number of H-pyrrole nitrogens is 1. The number of ether oxygens (including phenoxy) is 1. The summed E-state index contributed by atoms with van der Waals surface area (Å²) in [4.78, 5) is 49.4. The molecule has 7 atom stereocenters. The molecule has 192 valence electrons. The first-order valence-electron chi connectivity index (χ1n) is 9.69. The van der Waals surface area contributed by atoms with Crippen LogP contribution in [0.1, 0.15) is 19.6 Å². The second-order valence-electron chi connectivity index (χ2n) is 7.27. The van der Waals surface area contributed by atoms with Crippen molar-refractivity contribution in [3.63, 3.8) is 0 Å². The minimum absolute atomic E-state index is 0.00572. The highest BCUT2D eigenvalue weighted by molar-refractivity contribution is 7.46. The van der Waals surface area contributed by atoms with Crippen LogP contribution >= 0.6 is 7.82 Å². The first kappa shape index (κ1) is 27.9. The molecule has 1 fully saturated rings. The van der Waals surface area contributed by atoms with E-state index in [0.717, 1.165) is 10.9 Å². The van der Waals surface area contributed by atoms with Gasteiger partial charge in [0.25, 0.3) is 5.56 Å². The highest BCUT2D eigenvalue weighted by Crippen LogP contribution is 2.44. The zero-order chi connectivity index (χ0) is 25.8. The van der Waals surface area contributed by atoms with Crippen LogP contribution in [0, 0.1) is 0 Å². The van der Waals surface area contributed by atoms with Crippen molar-refractivity contribution in [2.45, 2.75) is 56.2 Å². The molecule has 2 aromatic rings. The van der Waals surface area contributed by atoms with Crippen LogP contribution in [0.15, 0.2) is 11.1 Å². The number of nitrogens with one attached hydrogen (secondary N) is 1. The predicted octanol–water partition coefficient (Wildman–Crippen LogP) is -3.89. The highest BCUT2D eigenvalue weighted by atomic mass is 31.2. The van der Waals surface area contributed by atoms with Gasteiger partial charge in [-0.2, -0.15) is 4.98 Å². The molecule has 1 saturated heterocycles. The maximum absolute atomic E-state index is 11.8. The van der Waals surface area contributed by atoms with E-state index in [4.69, 9.17) is 35.6 Å². The van der Waals surface area contributed by atoms with Crippen LogP contribution in [-0.4, -0.2) is 104 Å². The number of hydrogen-bond donors (Lipinski definition) is 9. The molecule has 0 spiro atoms. The lowest BCUT2D eigenvalue weighted by Crippen LogP contribution is -2.35. The molecule has 3 unspecified atom stereocenters. The number of hydrogen-bond acceptors (Lipinski definition) is 13. The van der Waals surface area contributed by atoms with Gasteiger partial charge < -0.3 is 50.6 Å². The van der Waals surface area contributed by atoms with E-state index >= 15 is 0 Å².